The predicted octanol–water partition coefficient (Wildman–Crippen LogP) is 2.54. The zero-order valence-corrected chi connectivity index (χ0v) is 15.1. The lowest BCUT2D eigenvalue weighted by molar-refractivity contribution is 0.0905. The number of carbonyl (C=O) groups excluding carboxylic acids is 2. The van der Waals surface area contributed by atoms with Crippen LogP contribution < -0.4 is 4.74 Å². The molecule has 7 heteroatoms. The summed E-state index contributed by atoms with van der Waals surface area (Å²) in [6, 6.07) is 0. The molecular weight excluding hydrogens is 336 g/mol. The summed E-state index contributed by atoms with van der Waals surface area (Å²) >= 11 is 0. The maximum atomic E-state index is 13.4. The molecule has 0 amide bonds. The van der Waals surface area contributed by atoms with Gasteiger partial charge in [0.1, 0.15) is 34.0 Å². The van der Waals surface area contributed by atoms with E-state index in [-0.39, 0.29) is 39.7 Å². The highest BCUT2D eigenvalue weighted by molar-refractivity contribution is 6.14. The molecule has 0 saturated carbocycles. The highest BCUT2D eigenvalue weighted by Gasteiger charge is 2.55. The van der Waals surface area contributed by atoms with Gasteiger partial charge in [-0.2, -0.15) is 5.10 Å². The van der Waals surface area contributed by atoms with E-state index in [1.165, 1.54) is 13.8 Å². The third-order valence-electron chi connectivity index (χ3n) is 5.41. The Balaban J connectivity index is 2.11. The van der Waals surface area contributed by atoms with Gasteiger partial charge in [-0.1, -0.05) is 0 Å². The van der Waals surface area contributed by atoms with E-state index in [4.69, 9.17) is 4.74 Å². The number of ether oxygens (including phenoxy) is 1. The van der Waals surface area contributed by atoms with Crippen molar-refractivity contribution >= 4 is 17.6 Å². The molecule has 0 bridgehead atoms. The molecular formula is C19H18N2O5. The Bertz CT molecular complexity index is 1080. The molecule has 4 rings (SSSR count). The van der Waals surface area contributed by atoms with Crippen LogP contribution >= 0.6 is 0 Å². The number of ketones is 2. The minimum Gasteiger partial charge on any atom is -0.507 e. The molecule has 2 aliphatic rings. The van der Waals surface area contributed by atoms with Crippen molar-refractivity contribution in [3.05, 3.63) is 39.4 Å². The molecule has 2 heterocycles. The molecule has 1 aliphatic heterocycles. The van der Waals surface area contributed by atoms with Crippen LogP contribution in [0.2, 0.25) is 0 Å². The number of nitrogens with zero attached hydrogens (tertiary/aromatic N) is 2. The number of benzene rings is 1. The fraction of sp³-hybridized carbons (Fsp3) is 0.316. The molecule has 0 radical (unpaired) electrons. The van der Waals surface area contributed by atoms with Crippen molar-refractivity contribution in [2.24, 2.45) is 7.05 Å². The number of allylic oxidation sites excluding steroid dienone is 1. The summed E-state index contributed by atoms with van der Waals surface area (Å²) in [5.74, 6) is -0.905. The molecule has 2 N–H and O–H groups in total. The van der Waals surface area contributed by atoms with Crippen LogP contribution in [0.1, 0.15) is 57.1 Å². The number of carbonyl (C=O) groups is 2. The number of rotatable bonds is 1. The van der Waals surface area contributed by atoms with Gasteiger partial charge in [0.25, 0.3) is 0 Å². The number of aryl methyl sites for hydroxylation is 2. The van der Waals surface area contributed by atoms with E-state index in [0.717, 1.165) is 0 Å². The van der Waals surface area contributed by atoms with Crippen molar-refractivity contribution in [1.82, 2.24) is 9.78 Å². The maximum Gasteiger partial charge on any atom is 0.185 e. The van der Waals surface area contributed by atoms with Crippen molar-refractivity contribution in [2.75, 3.05) is 0 Å². The van der Waals surface area contributed by atoms with Gasteiger partial charge in [0.05, 0.1) is 22.5 Å². The van der Waals surface area contributed by atoms with Gasteiger partial charge in [-0.15, -0.1) is 0 Å². The van der Waals surface area contributed by atoms with Crippen molar-refractivity contribution in [3.63, 3.8) is 0 Å². The minimum absolute atomic E-state index is 0.0291. The summed E-state index contributed by atoms with van der Waals surface area (Å²) < 4.78 is 7.47. The molecule has 1 aromatic carbocycles. The van der Waals surface area contributed by atoms with E-state index >= 15 is 0 Å². The van der Waals surface area contributed by atoms with Crippen LogP contribution in [0.25, 0.3) is 6.08 Å². The lowest BCUT2D eigenvalue weighted by Gasteiger charge is -2.27. The molecule has 0 spiro atoms. The Morgan fingerprint density at radius 2 is 1.92 bits per heavy atom. The highest BCUT2D eigenvalue weighted by Crippen LogP contribution is 2.58. The van der Waals surface area contributed by atoms with Crippen LogP contribution in [-0.4, -0.2) is 31.6 Å². The van der Waals surface area contributed by atoms with Crippen LogP contribution in [0, 0.1) is 13.8 Å². The van der Waals surface area contributed by atoms with Crippen LogP contribution in [0.3, 0.4) is 0 Å². The lowest BCUT2D eigenvalue weighted by atomic mass is 9.71. The average Bonchev–Trinajstić information content (AvgIpc) is 3.00. The summed E-state index contributed by atoms with van der Waals surface area (Å²) in [6.45, 7) is 6.20. The van der Waals surface area contributed by atoms with E-state index in [2.05, 4.69) is 5.10 Å². The van der Waals surface area contributed by atoms with Gasteiger partial charge in [-0.3, -0.25) is 14.3 Å². The van der Waals surface area contributed by atoms with Gasteiger partial charge >= 0.3 is 0 Å². The molecule has 1 aliphatic carbocycles. The summed E-state index contributed by atoms with van der Waals surface area (Å²) in [4.78, 5) is 25.5. The SMILES string of the molecule is CC(=O)c1c(O)c(C)c(O)c2c1OC1=Cc3c(c(C)nn3C)C(=O)[C@]12C. The quantitative estimate of drug-likeness (QED) is 0.763. The second-order valence-corrected chi connectivity index (χ2v) is 6.99. The number of phenols is 2. The number of aromatic nitrogens is 2. The molecule has 0 unspecified atom stereocenters. The van der Waals surface area contributed by atoms with Gasteiger partial charge in [-0.05, 0) is 27.7 Å². The van der Waals surface area contributed by atoms with Crippen LogP contribution in [-0.2, 0) is 12.5 Å². The Hall–Kier alpha value is -3.09. The number of fused-ring (bicyclic) bond motifs is 4. The standard InChI is InChI=1S/C19H18N2O5/c1-7-15(23)13(9(3)22)17-14(16(7)24)19(4)11(26-17)6-10-12(18(19)25)8(2)20-21(10)5/h6,23-24H,1-5H3/t19-/m1/s1. The van der Waals surface area contributed by atoms with Crippen LogP contribution in [0.4, 0.5) is 0 Å². The largest absolute Gasteiger partial charge is 0.507 e. The zero-order chi connectivity index (χ0) is 19.1. The van der Waals surface area contributed by atoms with E-state index in [1.54, 1.807) is 31.7 Å². The van der Waals surface area contributed by atoms with E-state index < -0.39 is 11.2 Å². The summed E-state index contributed by atoms with van der Waals surface area (Å²) in [5, 5.41) is 25.3. The van der Waals surface area contributed by atoms with Crippen molar-refractivity contribution < 1.29 is 24.5 Å². The third kappa shape index (κ3) is 1.65. The number of phenolic OH excluding ortho intramolecular Hbond substituents is 2. The Morgan fingerprint density at radius 1 is 1.27 bits per heavy atom. The van der Waals surface area contributed by atoms with Crippen molar-refractivity contribution in [3.8, 4) is 17.2 Å². The normalized spacial score (nSPS) is 20.2. The van der Waals surface area contributed by atoms with Gasteiger partial charge in [0, 0.05) is 18.7 Å². The van der Waals surface area contributed by atoms with E-state index in [0.29, 0.717) is 22.7 Å². The Kier molecular flexibility index (Phi) is 2.99. The first-order valence-corrected chi connectivity index (χ1v) is 8.19. The molecule has 1 atom stereocenters. The first-order chi connectivity index (χ1) is 12.1. The average molecular weight is 354 g/mol. The van der Waals surface area contributed by atoms with Gasteiger partial charge < -0.3 is 14.9 Å². The number of hydrogen-bond donors (Lipinski definition) is 2. The number of Topliss-reactive ketones (excluding diaryl/α,β-unsaturated/α-hetero) is 2. The molecule has 1 aromatic heterocycles. The molecule has 26 heavy (non-hydrogen) atoms. The minimum atomic E-state index is -1.29. The van der Waals surface area contributed by atoms with Crippen LogP contribution in [0.5, 0.6) is 17.2 Å². The number of hydrogen-bond acceptors (Lipinski definition) is 6. The van der Waals surface area contributed by atoms with E-state index in [9.17, 15) is 19.8 Å². The molecule has 134 valence electrons. The smallest absolute Gasteiger partial charge is 0.185 e. The Labute approximate surface area is 149 Å². The maximum absolute atomic E-state index is 13.4. The second-order valence-electron chi connectivity index (χ2n) is 6.99. The summed E-state index contributed by atoms with van der Waals surface area (Å²) in [5.41, 5.74) is 0.688. The first-order valence-electron chi connectivity index (χ1n) is 8.19. The summed E-state index contributed by atoms with van der Waals surface area (Å²) in [6.07, 6.45) is 1.70. The van der Waals surface area contributed by atoms with Gasteiger partial charge in [-0.25, -0.2) is 0 Å². The fourth-order valence-corrected chi connectivity index (χ4v) is 3.95. The topological polar surface area (TPSA) is 102 Å². The first kappa shape index (κ1) is 16.4. The number of aromatic hydroxyl groups is 2. The third-order valence-corrected chi connectivity index (χ3v) is 5.41. The summed E-state index contributed by atoms with van der Waals surface area (Å²) in [7, 11) is 1.73. The predicted molar refractivity (Wildman–Crippen MR) is 92.7 cm³/mol. The second kappa shape index (κ2) is 4.75. The van der Waals surface area contributed by atoms with Gasteiger partial charge in [0.2, 0.25) is 0 Å². The molecule has 7 nitrogen and oxygen atoms in total. The molecule has 0 fully saturated rings. The highest BCUT2D eigenvalue weighted by atomic mass is 16.5. The monoisotopic (exact) mass is 354 g/mol. The van der Waals surface area contributed by atoms with E-state index in [1.807, 2.05) is 0 Å². The van der Waals surface area contributed by atoms with Gasteiger partial charge in [0.15, 0.2) is 11.6 Å². The fourth-order valence-electron chi connectivity index (χ4n) is 3.95. The lowest BCUT2D eigenvalue weighted by Crippen LogP contribution is -2.36. The van der Waals surface area contributed by atoms with Crippen molar-refractivity contribution in [2.45, 2.75) is 33.1 Å². The molecule has 2 aromatic rings. The van der Waals surface area contributed by atoms with Crippen molar-refractivity contribution in [1.29, 1.82) is 0 Å². The van der Waals surface area contributed by atoms with Crippen LogP contribution in [0.15, 0.2) is 5.76 Å². The zero-order valence-electron chi connectivity index (χ0n) is 15.1. The molecule has 0 saturated heterocycles. The Morgan fingerprint density at radius 3 is 2.54 bits per heavy atom.